The maximum absolute atomic E-state index is 11.9. The van der Waals surface area contributed by atoms with Crippen molar-refractivity contribution in [2.24, 2.45) is 0 Å². The number of carboxylic acids is 1. The van der Waals surface area contributed by atoms with Crippen molar-refractivity contribution in [1.82, 2.24) is 15.0 Å². The third kappa shape index (κ3) is 4.19. The van der Waals surface area contributed by atoms with Crippen molar-refractivity contribution in [3.63, 3.8) is 0 Å². The summed E-state index contributed by atoms with van der Waals surface area (Å²) in [6, 6.07) is 0. The quantitative estimate of drug-likeness (QED) is 0.910. The Kier molecular flexibility index (Phi) is 4.18. The highest BCUT2D eigenvalue weighted by molar-refractivity contribution is 5.86. The second kappa shape index (κ2) is 5.16. The minimum Gasteiger partial charge on any atom is -0.476 e. The van der Waals surface area contributed by atoms with Gasteiger partial charge < -0.3 is 5.11 Å². The van der Waals surface area contributed by atoms with Crippen LogP contribution in [0.3, 0.4) is 0 Å². The molecule has 0 spiro atoms. The second-order valence-corrected chi connectivity index (χ2v) is 4.86. The van der Waals surface area contributed by atoms with E-state index >= 15 is 0 Å². The molecule has 1 rings (SSSR count). The van der Waals surface area contributed by atoms with Crippen molar-refractivity contribution in [3.8, 4) is 0 Å². The van der Waals surface area contributed by atoms with E-state index in [-0.39, 0.29) is 17.9 Å². The summed E-state index contributed by atoms with van der Waals surface area (Å²) in [6.45, 7) is 4.28. The van der Waals surface area contributed by atoms with Gasteiger partial charge >= 0.3 is 12.3 Å². The Labute approximate surface area is 107 Å². The Bertz CT molecular complexity index is 463. The van der Waals surface area contributed by atoms with Gasteiger partial charge in [0.2, 0.25) is 0 Å². The molecule has 0 bridgehead atoms. The highest BCUT2D eigenvalue weighted by Crippen LogP contribution is 2.25. The van der Waals surface area contributed by atoms with Crippen LogP contribution in [0.2, 0.25) is 0 Å². The number of nitrogens with zero attached hydrogens (tertiary/aromatic N) is 3. The summed E-state index contributed by atoms with van der Waals surface area (Å²) in [5, 5.41) is 16.0. The average molecular weight is 281 g/mol. The smallest absolute Gasteiger partial charge is 0.476 e. The zero-order valence-electron chi connectivity index (χ0n) is 10.7. The van der Waals surface area contributed by atoms with Crippen molar-refractivity contribution in [3.05, 3.63) is 11.4 Å². The Morgan fingerprint density at radius 3 is 2.37 bits per heavy atom. The normalized spacial score (nSPS) is 12.7. The molecule has 0 aliphatic heterocycles. The molecule has 0 saturated heterocycles. The first-order valence-electron chi connectivity index (χ1n) is 5.40. The number of halogens is 3. The molecule has 1 aromatic heterocycles. The molecule has 6 nitrogen and oxygen atoms in total. The lowest BCUT2D eigenvalue weighted by Crippen LogP contribution is -2.24. The fourth-order valence-corrected chi connectivity index (χ4v) is 1.60. The number of ether oxygens (including phenoxy) is 1. The third-order valence-corrected chi connectivity index (χ3v) is 2.22. The van der Waals surface area contributed by atoms with Crippen molar-refractivity contribution >= 4 is 5.97 Å². The maximum atomic E-state index is 11.9. The van der Waals surface area contributed by atoms with Crippen LogP contribution in [0.25, 0.3) is 0 Å². The van der Waals surface area contributed by atoms with Gasteiger partial charge in [-0.2, -0.15) is 0 Å². The van der Waals surface area contributed by atoms with Crippen molar-refractivity contribution in [1.29, 1.82) is 0 Å². The monoisotopic (exact) mass is 281 g/mol. The van der Waals surface area contributed by atoms with Crippen LogP contribution >= 0.6 is 0 Å². The number of rotatable bonds is 4. The van der Waals surface area contributed by atoms with Gasteiger partial charge in [0, 0.05) is 5.41 Å². The molecule has 0 unspecified atom stereocenters. The number of hydrogen-bond donors (Lipinski definition) is 1. The van der Waals surface area contributed by atoms with Crippen LogP contribution in [-0.4, -0.2) is 39.0 Å². The van der Waals surface area contributed by atoms with Crippen LogP contribution in [-0.2, 0) is 16.7 Å². The Balaban J connectivity index is 2.93. The SMILES string of the molecule is CC(C)(C)c1c(C(=O)O)nnn1CCOC(F)(F)F. The molecule has 0 aliphatic rings. The molecule has 19 heavy (non-hydrogen) atoms. The zero-order valence-corrected chi connectivity index (χ0v) is 10.7. The van der Waals surface area contributed by atoms with Gasteiger partial charge in [0.25, 0.3) is 0 Å². The third-order valence-electron chi connectivity index (χ3n) is 2.22. The van der Waals surface area contributed by atoms with E-state index in [0.717, 1.165) is 4.68 Å². The topological polar surface area (TPSA) is 77.2 Å². The average Bonchev–Trinajstić information content (AvgIpc) is 2.58. The molecule has 108 valence electrons. The largest absolute Gasteiger partial charge is 0.522 e. The summed E-state index contributed by atoms with van der Waals surface area (Å²) in [5.41, 5.74) is -0.625. The first kappa shape index (κ1) is 15.4. The first-order valence-corrected chi connectivity index (χ1v) is 5.40. The van der Waals surface area contributed by atoms with Crippen LogP contribution in [0.15, 0.2) is 0 Å². The summed E-state index contributed by atoms with van der Waals surface area (Å²) < 4.78 is 40.3. The van der Waals surface area contributed by atoms with Crippen molar-refractivity contribution < 1.29 is 27.8 Å². The second-order valence-electron chi connectivity index (χ2n) is 4.86. The lowest BCUT2D eigenvalue weighted by Gasteiger charge is -2.20. The van der Waals surface area contributed by atoms with E-state index in [0.29, 0.717) is 0 Å². The molecular formula is C10H14F3N3O3. The van der Waals surface area contributed by atoms with E-state index in [9.17, 15) is 18.0 Å². The fourth-order valence-electron chi connectivity index (χ4n) is 1.60. The van der Waals surface area contributed by atoms with Crippen LogP contribution in [0.5, 0.6) is 0 Å². The maximum Gasteiger partial charge on any atom is 0.522 e. The Morgan fingerprint density at radius 2 is 1.95 bits per heavy atom. The minimum absolute atomic E-state index is 0.230. The van der Waals surface area contributed by atoms with E-state index in [1.54, 1.807) is 20.8 Å². The van der Waals surface area contributed by atoms with Gasteiger partial charge in [0.05, 0.1) is 18.8 Å². The number of hydrogen-bond acceptors (Lipinski definition) is 4. The molecule has 1 heterocycles. The van der Waals surface area contributed by atoms with Gasteiger partial charge in [-0.1, -0.05) is 26.0 Å². The highest BCUT2D eigenvalue weighted by atomic mass is 19.4. The molecule has 0 atom stereocenters. The Hall–Kier alpha value is -1.64. The predicted molar refractivity (Wildman–Crippen MR) is 57.7 cm³/mol. The molecule has 0 aromatic carbocycles. The number of aromatic nitrogens is 3. The van der Waals surface area contributed by atoms with Gasteiger partial charge in [-0.3, -0.25) is 4.74 Å². The van der Waals surface area contributed by atoms with Crippen LogP contribution in [0.4, 0.5) is 13.2 Å². The summed E-state index contributed by atoms with van der Waals surface area (Å²) in [5.74, 6) is -1.27. The van der Waals surface area contributed by atoms with Crippen LogP contribution in [0.1, 0.15) is 37.0 Å². The van der Waals surface area contributed by atoms with E-state index in [2.05, 4.69) is 15.0 Å². The van der Waals surface area contributed by atoms with Crippen LogP contribution in [0, 0.1) is 0 Å². The van der Waals surface area contributed by atoms with Crippen molar-refractivity contribution in [2.45, 2.75) is 39.1 Å². The number of aromatic carboxylic acids is 1. The van der Waals surface area contributed by atoms with Gasteiger partial charge in [0.1, 0.15) is 0 Å². The van der Waals surface area contributed by atoms with Gasteiger partial charge in [-0.25, -0.2) is 9.48 Å². The molecule has 0 radical (unpaired) electrons. The molecule has 1 aromatic rings. The minimum atomic E-state index is -4.72. The Morgan fingerprint density at radius 1 is 1.37 bits per heavy atom. The molecule has 1 N–H and O–H groups in total. The molecule has 0 saturated carbocycles. The van der Waals surface area contributed by atoms with Gasteiger partial charge in [0.15, 0.2) is 5.69 Å². The van der Waals surface area contributed by atoms with E-state index in [4.69, 9.17) is 5.11 Å². The summed E-state index contributed by atoms with van der Waals surface area (Å²) in [6.07, 6.45) is -4.72. The van der Waals surface area contributed by atoms with E-state index in [1.807, 2.05) is 0 Å². The molecule has 0 fully saturated rings. The molecule has 9 heteroatoms. The lowest BCUT2D eigenvalue weighted by molar-refractivity contribution is -0.325. The zero-order chi connectivity index (χ0) is 14.8. The summed E-state index contributed by atoms with van der Waals surface area (Å²) in [7, 11) is 0. The van der Waals surface area contributed by atoms with E-state index < -0.39 is 24.4 Å². The predicted octanol–water partition coefficient (Wildman–Crippen LogP) is 1.81. The molecular weight excluding hydrogens is 267 g/mol. The first-order chi connectivity index (χ1) is 8.52. The van der Waals surface area contributed by atoms with Gasteiger partial charge in [-0.15, -0.1) is 18.3 Å². The molecule has 0 aliphatic carbocycles. The number of carboxylic acid groups (broad SMARTS) is 1. The number of alkyl halides is 3. The fraction of sp³-hybridized carbons (Fsp3) is 0.700. The van der Waals surface area contributed by atoms with Crippen molar-refractivity contribution in [2.75, 3.05) is 6.61 Å². The highest BCUT2D eigenvalue weighted by Gasteiger charge is 2.31. The van der Waals surface area contributed by atoms with Crippen LogP contribution < -0.4 is 0 Å². The van der Waals surface area contributed by atoms with Gasteiger partial charge in [-0.05, 0) is 0 Å². The lowest BCUT2D eigenvalue weighted by atomic mass is 9.90. The number of carbonyl (C=O) groups is 1. The standard InChI is InChI=1S/C10H14F3N3O3/c1-9(2,3)7-6(8(17)18)14-15-16(7)4-5-19-10(11,12)13/h4-5H2,1-3H3,(H,17,18). The van der Waals surface area contributed by atoms with E-state index in [1.165, 1.54) is 0 Å². The summed E-state index contributed by atoms with van der Waals surface area (Å²) >= 11 is 0. The summed E-state index contributed by atoms with van der Waals surface area (Å²) in [4.78, 5) is 11.0. The molecule has 0 amide bonds.